The first-order valence-electron chi connectivity index (χ1n) is 6.12. The Balaban J connectivity index is 2.13. The van der Waals surface area contributed by atoms with Crippen LogP contribution in [0.3, 0.4) is 0 Å². The van der Waals surface area contributed by atoms with Crippen LogP contribution in [0.1, 0.15) is 21.5 Å². The Kier molecular flexibility index (Phi) is 2.94. The van der Waals surface area contributed by atoms with E-state index in [1.165, 1.54) is 0 Å². The molecule has 0 saturated carbocycles. The molecule has 2 aromatic carbocycles. The van der Waals surface area contributed by atoms with Crippen LogP contribution in [0.2, 0.25) is 0 Å². The van der Waals surface area contributed by atoms with Crippen molar-refractivity contribution in [2.24, 2.45) is 0 Å². The van der Waals surface area contributed by atoms with E-state index in [0.29, 0.717) is 6.42 Å². The number of alkyl halides is 1. The number of carbonyl (C=O) groups is 1. The van der Waals surface area contributed by atoms with Crippen molar-refractivity contribution < 1.29 is 9.53 Å². The first-order chi connectivity index (χ1) is 9.16. The molecule has 3 rings (SSSR count). The fraction of sp³-hybridized carbons (Fsp3) is 0.188. The molecule has 2 nitrogen and oxygen atoms in total. The standard InChI is InChI=1S/C16H13BrO2/c1-19-14-9-5-8-12-13(14)10-16(17,15(12)18)11-6-3-2-4-7-11/h2-9H,10H2,1H3. The minimum atomic E-state index is -0.661. The molecule has 0 saturated heterocycles. The van der Waals surface area contributed by atoms with E-state index < -0.39 is 4.32 Å². The number of hydrogen-bond acceptors (Lipinski definition) is 2. The lowest BCUT2D eigenvalue weighted by Gasteiger charge is -2.20. The molecule has 0 aliphatic heterocycles. The van der Waals surface area contributed by atoms with E-state index in [0.717, 1.165) is 22.4 Å². The van der Waals surface area contributed by atoms with Gasteiger partial charge in [0, 0.05) is 17.5 Å². The Morgan fingerprint density at radius 3 is 2.53 bits per heavy atom. The van der Waals surface area contributed by atoms with Crippen molar-refractivity contribution in [2.45, 2.75) is 10.7 Å². The van der Waals surface area contributed by atoms with Crippen LogP contribution in [0.25, 0.3) is 0 Å². The van der Waals surface area contributed by atoms with E-state index in [4.69, 9.17) is 4.74 Å². The zero-order chi connectivity index (χ0) is 13.5. The second-order valence-electron chi connectivity index (χ2n) is 4.66. The topological polar surface area (TPSA) is 26.3 Å². The Labute approximate surface area is 120 Å². The molecule has 0 spiro atoms. The van der Waals surface area contributed by atoms with Gasteiger partial charge in [0.1, 0.15) is 10.1 Å². The summed E-state index contributed by atoms with van der Waals surface area (Å²) in [4.78, 5) is 12.7. The number of rotatable bonds is 2. The molecule has 0 N–H and O–H groups in total. The molecule has 0 radical (unpaired) electrons. The van der Waals surface area contributed by atoms with Crippen molar-refractivity contribution >= 4 is 21.7 Å². The van der Waals surface area contributed by atoms with Gasteiger partial charge in [-0.3, -0.25) is 4.79 Å². The maximum Gasteiger partial charge on any atom is 0.184 e. The number of halogens is 1. The van der Waals surface area contributed by atoms with Gasteiger partial charge in [-0.05, 0) is 11.6 Å². The molecule has 0 aromatic heterocycles. The Bertz CT molecular complexity index is 636. The van der Waals surface area contributed by atoms with Crippen molar-refractivity contribution in [3.8, 4) is 5.75 Å². The zero-order valence-electron chi connectivity index (χ0n) is 10.5. The maximum atomic E-state index is 12.7. The fourth-order valence-electron chi connectivity index (χ4n) is 2.62. The van der Waals surface area contributed by atoms with Crippen LogP contribution < -0.4 is 4.74 Å². The first kappa shape index (κ1) is 12.4. The van der Waals surface area contributed by atoms with Crippen LogP contribution in [0.4, 0.5) is 0 Å². The normalized spacial score (nSPS) is 21.3. The smallest absolute Gasteiger partial charge is 0.184 e. The molecule has 3 heteroatoms. The third kappa shape index (κ3) is 1.80. The van der Waals surface area contributed by atoms with E-state index >= 15 is 0 Å². The number of hydrogen-bond donors (Lipinski definition) is 0. The Morgan fingerprint density at radius 2 is 1.84 bits per heavy atom. The van der Waals surface area contributed by atoms with Gasteiger partial charge in [-0.1, -0.05) is 58.4 Å². The van der Waals surface area contributed by atoms with Crippen LogP contribution in [0.15, 0.2) is 48.5 Å². The van der Waals surface area contributed by atoms with Crippen molar-refractivity contribution in [1.29, 1.82) is 0 Å². The quantitative estimate of drug-likeness (QED) is 0.789. The lowest BCUT2D eigenvalue weighted by molar-refractivity contribution is 0.0960. The number of carbonyl (C=O) groups excluding carboxylic acids is 1. The molecule has 1 aliphatic carbocycles. The molecule has 0 bridgehead atoms. The number of ketones is 1. The fourth-order valence-corrected chi connectivity index (χ4v) is 3.38. The lowest BCUT2D eigenvalue weighted by atomic mass is 9.95. The predicted octanol–water partition coefficient (Wildman–Crippen LogP) is 3.72. The van der Waals surface area contributed by atoms with E-state index in [1.54, 1.807) is 7.11 Å². The second kappa shape index (κ2) is 4.49. The molecule has 1 unspecified atom stereocenters. The van der Waals surface area contributed by atoms with Gasteiger partial charge in [0.05, 0.1) is 7.11 Å². The summed E-state index contributed by atoms with van der Waals surface area (Å²) < 4.78 is 4.70. The number of ether oxygens (including phenoxy) is 1. The number of methoxy groups -OCH3 is 1. The molecule has 96 valence electrons. The molecule has 1 atom stereocenters. The predicted molar refractivity (Wildman–Crippen MR) is 78.1 cm³/mol. The average Bonchev–Trinajstić information content (AvgIpc) is 2.73. The molecule has 0 fully saturated rings. The highest BCUT2D eigenvalue weighted by molar-refractivity contribution is 9.10. The largest absolute Gasteiger partial charge is 0.496 e. The number of benzene rings is 2. The van der Waals surface area contributed by atoms with E-state index in [9.17, 15) is 4.79 Å². The minimum absolute atomic E-state index is 0.104. The van der Waals surface area contributed by atoms with Gasteiger partial charge in [-0.25, -0.2) is 0 Å². The van der Waals surface area contributed by atoms with Crippen LogP contribution in [0.5, 0.6) is 5.75 Å². The van der Waals surface area contributed by atoms with E-state index in [1.807, 2.05) is 48.5 Å². The third-order valence-corrected chi connectivity index (χ3v) is 4.71. The Morgan fingerprint density at radius 1 is 1.11 bits per heavy atom. The molecule has 0 amide bonds. The lowest BCUT2D eigenvalue weighted by Crippen LogP contribution is -2.25. The highest BCUT2D eigenvalue weighted by Gasteiger charge is 2.45. The van der Waals surface area contributed by atoms with Gasteiger partial charge in [-0.2, -0.15) is 0 Å². The minimum Gasteiger partial charge on any atom is -0.496 e. The average molecular weight is 317 g/mol. The van der Waals surface area contributed by atoms with Crippen molar-refractivity contribution in [3.63, 3.8) is 0 Å². The van der Waals surface area contributed by atoms with Gasteiger partial charge in [-0.15, -0.1) is 0 Å². The summed E-state index contributed by atoms with van der Waals surface area (Å²) in [5, 5.41) is 0. The summed E-state index contributed by atoms with van der Waals surface area (Å²) in [7, 11) is 1.64. The zero-order valence-corrected chi connectivity index (χ0v) is 12.1. The van der Waals surface area contributed by atoms with Gasteiger partial charge >= 0.3 is 0 Å². The molecule has 2 aromatic rings. The molecule has 0 heterocycles. The van der Waals surface area contributed by atoms with Crippen LogP contribution in [-0.2, 0) is 10.7 Å². The summed E-state index contributed by atoms with van der Waals surface area (Å²) in [5.74, 6) is 0.885. The monoisotopic (exact) mass is 316 g/mol. The number of Topliss-reactive ketones (excluding diaryl/α,β-unsaturated/α-hetero) is 1. The van der Waals surface area contributed by atoms with Gasteiger partial charge < -0.3 is 4.74 Å². The molecular weight excluding hydrogens is 304 g/mol. The van der Waals surface area contributed by atoms with Crippen molar-refractivity contribution in [1.82, 2.24) is 0 Å². The van der Waals surface area contributed by atoms with Gasteiger partial charge in [0.2, 0.25) is 0 Å². The van der Waals surface area contributed by atoms with Crippen LogP contribution in [0, 0.1) is 0 Å². The van der Waals surface area contributed by atoms with Gasteiger partial charge in [0.15, 0.2) is 5.78 Å². The maximum absolute atomic E-state index is 12.7. The SMILES string of the molecule is COc1cccc2c1CC(Br)(c1ccccc1)C2=O. The third-order valence-electron chi connectivity index (χ3n) is 3.61. The highest BCUT2D eigenvalue weighted by Crippen LogP contribution is 2.47. The number of fused-ring (bicyclic) bond motifs is 1. The van der Waals surface area contributed by atoms with Crippen LogP contribution >= 0.6 is 15.9 Å². The summed E-state index contributed by atoms with van der Waals surface area (Å²) in [5.41, 5.74) is 2.72. The first-order valence-corrected chi connectivity index (χ1v) is 6.91. The summed E-state index contributed by atoms with van der Waals surface area (Å²) in [6, 6.07) is 15.4. The summed E-state index contributed by atoms with van der Waals surface area (Å²) in [6.45, 7) is 0. The van der Waals surface area contributed by atoms with Gasteiger partial charge in [0.25, 0.3) is 0 Å². The van der Waals surface area contributed by atoms with E-state index in [2.05, 4.69) is 15.9 Å². The van der Waals surface area contributed by atoms with E-state index in [-0.39, 0.29) is 5.78 Å². The highest BCUT2D eigenvalue weighted by atomic mass is 79.9. The molecule has 1 aliphatic rings. The summed E-state index contributed by atoms with van der Waals surface area (Å²) >= 11 is 3.66. The van der Waals surface area contributed by atoms with Crippen LogP contribution in [-0.4, -0.2) is 12.9 Å². The summed E-state index contributed by atoms with van der Waals surface area (Å²) in [6.07, 6.45) is 0.620. The second-order valence-corrected chi connectivity index (χ2v) is 6.01. The van der Waals surface area contributed by atoms with Crippen molar-refractivity contribution in [2.75, 3.05) is 7.11 Å². The molecule has 19 heavy (non-hydrogen) atoms. The van der Waals surface area contributed by atoms with Crippen molar-refractivity contribution in [3.05, 3.63) is 65.2 Å². The molecular formula is C16H13BrO2. The Hall–Kier alpha value is -1.61.